The normalized spacial score (nSPS) is 13.0. The number of phenols is 2. The average molecular weight is 489 g/mol. The van der Waals surface area contributed by atoms with Crippen LogP contribution in [0.3, 0.4) is 0 Å². The number of ether oxygens (including phenoxy) is 2. The highest BCUT2D eigenvalue weighted by Crippen LogP contribution is 2.34. The first-order valence-corrected chi connectivity index (χ1v) is 11.2. The number of hydrogen-bond donors (Lipinski definition) is 3. The standard InChI is InChI=1S/C29H28O7/c1-29(19-30,22-6-4-3-5-7-22)36-28-17-21(11-15-26(28)34)9-13-24(32)18-23(31)12-8-20-10-14-25(33)27(16-20)35-2/h3-17,30,33-34H,18-19H2,1-2H3/b12-8+,13-9+. The van der Waals surface area contributed by atoms with Crippen molar-refractivity contribution >= 4 is 23.7 Å². The fourth-order valence-electron chi connectivity index (χ4n) is 3.40. The van der Waals surface area contributed by atoms with Crippen molar-refractivity contribution in [2.24, 2.45) is 0 Å². The molecule has 36 heavy (non-hydrogen) atoms. The van der Waals surface area contributed by atoms with E-state index < -0.39 is 11.4 Å². The van der Waals surface area contributed by atoms with E-state index in [0.29, 0.717) is 11.1 Å². The molecular formula is C29H28O7. The van der Waals surface area contributed by atoms with Crippen LogP contribution in [0.15, 0.2) is 78.9 Å². The lowest BCUT2D eigenvalue weighted by atomic mass is 9.96. The number of methoxy groups -OCH3 is 1. The first-order chi connectivity index (χ1) is 17.2. The summed E-state index contributed by atoms with van der Waals surface area (Å²) in [5, 5.41) is 29.9. The van der Waals surface area contributed by atoms with Crippen LogP contribution in [0.25, 0.3) is 12.2 Å². The number of phenolic OH excluding ortho intramolecular Hbond substituents is 2. The molecule has 3 rings (SSSR count). The summed E-state index contributed by atoms with van der Waals surface area (Å²) in [6, 6.07) is 18.4. The molecule has 7 heteroatoms. The summed E-state index contributed by atoms with van der Waals surface area (Å²) in [4.78, 5) is 24.5. The lowest BCUT2D eigenvalue weighted by Crippen LogP contribution is -2.33. The number of hydrogen-bond acceptors (Lipinski definition) is 7. The van der Waals surface area contributed by atoms with Crippen molar-refractivity contribution in [3.05, 3.63) is 95.6 Å². The van der Waals surface area contributed by atoms with E-state index in [9.17, 15) is 24.9 Å². The summed E-state index contributed by atoms with van der Waals surface area (Å²) in [6.07, 6.45) is 5.32. The molecule has 0 heterocycles. The molecular weight excluding hydrogens is 460 g/mol. The lowest BCUT2D eigenvalue weighted by molar-refractivity contribution is -0.121. The molecule has 0 spiro atoms. The predicted octanol–water partition coefficient (Wildman–Crippen LogP) is 4.65. The number of rotatable bonds is 11. The Labute approximate surface area is 209 Å². The highest BCUT2D eigenvalue weighted by Gasteiger charge is 2.29. The molecule has 0 amide bonds. The Morgan fingerprint density at radius 3 is 1.89 bits per heavy atom. The number of allylic oxidation sites excluding steroid dienone is 2. The summed E-state index contributed by atoms with van der Waals surface area (Å²) in [6.45, 7) is 1.39. The van der Waals surface area contributed by atoms with Crippen molar-refractivity contribution in [1.82, 2.24) is 0 Å². The van der Waals surface area contributed by atoms with Crippen LogP contribution in [0.5, 0.6) is 23.0 Å². The Morgan fingerprint density at radius 1 is 0.833 bits per heavy atom. The van der Waals surface area contributed by atoms with Crippen molar-refractivity contribution in [1.29, 1.82) is 0 Å². The van der Waals surface area contributed by atoms with E-state index in [1.54, 1.807) is 31.2 Å². The van der Waals surface area contributed by atoms with Gasteiger partial charge in [0.1, 0.15) is 0 Å². The molecule has 0 aliphatic rings. The van der Waals surface area contributed by atoms with Crippen LogP contribution in [0.2, 0.25) is 0 Å². The van der Waals surface area contributed by atoms with Crippen molar-refractivity contribution in [2.75, 3.05) is 13.7 Å². The van der Waals surface area contributed by atoms with Crippen molar-refractivity contribution in [2.45, 2.75) is 18.9 Å². The van der Waals surface area contributed by atoms with Gasteiger partial charge in [-0.2, -0.15) is 0 Å². The van der Waals surface area contributed by atoms with Crippen LogP contribution >= 0.6 is 0 Å². The second-order valence-corrected chi connectivity index (χ2v) is 8.29. The predicted molar refractivity (Wildman–Crippen MR) is 137 cm³/mol. The fraction of sp³-hybridized carbons (Fsp3) is 0.172. The van der Waals surface area contributed by atoms with E-state index in [-0.39, 0.29) is 41.8 Å². The molecule has 3 N–H and O–H groups in total. The van der Waals surface area contributed by atoms with Crippen molar-refractivity contribution in [3.8, 4) is 23.0 Å². The van der Waals surface area contributed by atoms with E-state index in [0.717, 1.165) is 5.56 Å². The van der Waals surface area contributed by atoms with Gasteiger partial charge in [0.2, 0.25) is 0 Å². The highest BCUT2D eigenvalue weighted by atomic mass is 16.5. The van der Waals surface area contributed by atoms with E-state index >= 15 is 0 Å². The number of aliphatic hydroxyl groups is 1. The largest absolute Gasteiger partial charge is 0.504 e. The van der Waals surface area contributed by atoms with Gasteiger partial charge in [-0.15, -0.1) is 0 Å². The first kappa shape index (κ1) is 26.2. The second kappa shape index (κ2) is 11.9. The molecule has 7 nitrogen and oxygen atoms in total. The summed E-state index contributed by atoms with van der Waals surface area (Å²) in [5.41, 5.74) is 0.865. The van der Waals surface area contributed by atoms with Gasteiger partial charge in [0.05, 0.1) is 20.1 Å². The van der Waals surface area contributed by atoms with E-state index in [4.69, 9.17) is 9.47 Å². The third-order valence-electron chi connectivity index (χ3n) is 5.48. The van der Waals surface area contributed by atoms with E-state index in [1.165, 1.54) is 43.5 Å². The van der Waals surface area contributed by atoms with Crippen LogP contribution in [0.4, 0.5) is 0 Å². The maximum Gasteiger partial charge on any atom is 0.163 e. The van der Waals surface area contributed by atoms with Gasteiger partial charge in [-0.05, 0) is 60.0 Å². The maximum absolute atomic E-state index is 12.3. The monoisotopic (exact) mass is 488 g/mol. The summed E-state index contributed by atoms with van der Waals surface area (Å²) >= 11 is 0. The van der Waals surface area contributed by atoms with Gasteiger partial charge >= 0.3 is 0 Å². The maximum atomic E-state index is 12.3. The van der Waals surface area contributed by atoms with Gasteiger partial charge in [-0.3, -0.25) is 9.59 Å². The van der Waals surface area contributed by atoms with Crippen LogP contribution in [-0.4, -0.2) is 40.6 Å². The summed E-state index contributed by atoms with van der Waals surface area (Å²) < 4.78 is 11.0. The summed E-state index contributed by atoms with van der Waals surface area (Å²) in [7, 11) is 1.43. The molecule has 0 radical (unpaired) electrons. The molecule has 0 aliphatic carbocycles. The van der Waals surface area contributed by atoms with E-state index in [2.05, 4.69) is 0 Å². The Kier molecular flexibility index (Phi) is 8.65. The highest BCUT2D eigenvalue weighted by molar-refractivity contribution is 6.10. The SMILES string of the molecule is COc1cc(/C=C/C(=O)CC(=O)/C=C/c2ccc(O)c(OC(C)(CO)c3ccccc3)c2)ccc1O. The third-order valence-corrected chi connectivity index (χ3v) is 5.48. The van der Waals surface area contributed by atoms with Gasteiger partial charge in [-0.1, -0.05) is 54.6 Å². The minimum absolute atomic E-state index is 0.00914. The summed E-state index contributed by atoms with van der Waals surface area (Å²) in [5.74, 6) is -0.469. The quantitative estimate of drug-likeness (QED) is 0.266. The number of benzene rings is 3. The van der Waals surface area contributed by atoms with Gasteiger partial charge in [0.25, 0.3) is 0 Å². The number of ketones is 2. The van der Waals surface area contributed by atoms with Gasteiger partial charge in [-0.25, -0.2) is 0 Å². The van der Waals surface area contributed by atoms with Crippen LogP contribution in [0.1, 0.15) is 30.0 Å². The number of aliphatic hydroxyl groups excluding tert-OH is 1. The first-order valence-electron chi connectivity index (χ1n) is 11.2. The lowest BCUT2D eigenvalue weighted by Gasteiger charge is -2.29. The topological polar surface area (TPSA) is 113 Å². The minimum Gasteiger partial charge on any atom is -0.504 e. The Hall–Kier alpha value is -4.36. The number of aromatic hydroxyl groups is 2. The molecule has 3 aromatic rings. The molecule has 1 atom stereocenters. The number of carbonyl (C=O) groups excluding carboxylic acids is 2. The Morgan fingerprint density at radius 2 is 1.36 bits per heavy atom. The van der Waals surface area contributed by atoms with Crippen molar-refractivity contribution < 1.29 is 34.4 Å². The molecule has 1 unspecified atom stereocenters. The zero-order valence-corrected chi connectivity index (χ0v) is 20.0. The molecule has 0 saturated carbocycles. The third kappa shape index (κ3) is 6.84. The van der Waals surface area contributed by atoms with Gasteiger partial charge in [0.15, 0.2) is 40.2 Å². The van der Waals surface area contributed by atoms with Crippen LogP contribution in [-0.2, 0) is 15.2 Å². The van der Waals surface area contributed by atoms with Crippen LogP contribution < -0.4 is 9.47 Å². The second-order valence-electron chi connectivity index (χ2n) is 8.29. The molecule has 0 fully saturated rings. The molecule has 0 aliphatic heterocycles. The molecule has 0 aromatic heterocycles. The fourth-order valence-corrected chi connectivity index (χ4v) is 3.40. The molecule has 0 bridgehead atoms. The van der Waals surface area contributed by atoms with Crippen molar-refractivity contribution in [3.63, 3.8) is 0 Å². The smallest absolute Gasteiger partial charge is 0.163 e. The Balaban J connectivity index is 1.65. The van der Waals surface area contributed by atoms with Crippen LogP contribution in [0, 0.1) is 0 Å². The van der Waals surface area contributed by atoms with Gasteiger partial charge < -0.3 is 24.8 Å². The zero-order valence-electron chi connectivity index (χ0n) is 20.0. The Bertz CT molecular complexity index is 1280. The number of carbonyl (C=O) groups is 2. The zero-order chi connectivity index (χ0) is 26.1. The molecule has 186 valence electrons. The molecule has 3 aromatic carbocycles. The average Bonchev–Trinajstić information content (AvgIpc) is 2.89. The minimum atomic E-state index is -1.09. The van der Waals surface area contributed by atoms with Gasteiger partial charge in [0, 0.05) is 0 Å². The van der Waals surface area contributed by atoms with E-state index in [1.807, 2.05) is 30.3 Å². The molecule has 0 saturated heterocycles.